The first-order valence-corrected chi connectivity index (χ1v) is 15.8. The molecule has 5 aromatic rings. The van der Waals surface area contributed by atoms with Crippen LogP contribution in [0.5, 0.6) is 17.2 Å². The predicted octanol–water partition coefficient (Wildman–Crippen LogP) is 5.90. The minimum Gasteiger partial charge on any atom is -0.489 e. The Kier molecular flexibility index (Phi) is 8.17. The van der Waals surface area contributed by atoms with Crippen molar-refractivity contribution < 1.29 is 23.7 Å². The maximum Gasteiger partial charge on any atom is 0.338 e. The summed E-state index contributed by atoms with van der Waals surface area (Å²) in [7, 11) is 0. The van der Waals surface area contributed by atoms with Gasteiger partial charge in [-0.05, 0) is 66.1 Å². The van der Waals surface area contributed by atoms with Crippen molar-refractivity contribution in [1.29, 1.82) is 0 Å². The van der Waals surface area contributed by atoms with Crippen molar-refractivity contribution in [1.82, 2.24) is 4.57 Å². The second kappa shape index (κ2) is 12.7. The lowest BCUT2D eigenvalue weighted by Crippen LogP contribution is -2.40. The molecule has 46 heavy (non-hydrogen) atoms. The van der Waals surface area contributed by atoms with Crippen LogP contribution in [-0.4, -0.2) is 23.9 Å². The fraction of sp³-hybridized carbons (Fsp3) is 0.139. The topological polar surface area (TPSA) is 88.4 Å². The predicted molar refractivity (Wildman–Crippen MR) is 176 cm³/mol. The number of thiazole rings is 1. The second-order valence-corrected chi connectivity index (χ2v) is 12.0. The first-order chi connectivity index (χ1) is 22.5. The number of aromatic nitrogens is 1. The van der Waals surface area contributed by atoms with E-state index in [1.807, 2.05) is 91.0 Å². The van der Waals surface area contributed by atoms with E-state index in [1.54, 1.807) is 23.6 Å². The highest BCUT2D eigenvalue weighted by Crippen LogP contribution is 2.40. The van der Waals surface area contributed by atoms with Crippen molar-refractivity contribution in [3.05, 3.63) is 150 Å². The van der Waals surface area contributed by atoms with E-state index < -0.39 is 12.0 Å². The van der Waals surface area contributed by atoms with Crippen LogP contribution in [-0.2, 0) is 16.1 Å². The van der Waals surface area contributed by atoms with Crippen molar-refractivity contribution in [2.24, 2.45) is 4.99 Å². The highest BCUT2D eigenvalue weighted by atomic mass is 35.5. The third-order valence-electron chi connectivity index (χ3n) is 7.58. The molecule has 0 unspecified atom stereocenters. The number of benzene rings is 4. The van der Waals surface area contributed by atoms with E-state index in [4.69, 9.17) is 35.5 Å². The fourth-order valence-electron chi connectivity index (χ4n) is 5.40. The summed E-state index contributed by atoms with van der Waals surface area (Å²) in [4.78, 5) is 33.2. The van der Waals surface area contributed by atoms with Crippen molar-refractivity contribution in [2.45, 2.75) is 19.6 Å². The molecule has 3 heterocycles. The molecule has 8 nitrogen and oxygen atoms in total. The van der Waals surface area contributed by atoms with Gasteiger partial charge in [0.2, 0.25) is 6.79 Å². The van der Waals surface area contributed by atoms with Gasteiger partial charge in [-0.25, -0.2) is 9.79 Å². The van der Waals surface area contributed by atoms with Crippen LogP contribution in [0.3, 0.4) is 0 Å². The smallest absolute Gasteiger partial charge is 0.338 e. The number of nitrogens with zero attached hydrogens (tertiary/aromatic N) is 2. The van der Waals surface area contributed by atoms with Gasteiger partial charge in [-0.2, -0.15) is 0 Å². The molecule has 4 aromatic carbocycles. The lowest BCUT2D eigenvalue weighted by atomic mass is 9.93. The molecule has 0 N–H and O–H groups in total. The summed E-state index contributed by atoms with van der Waals surface area (Å²) < 4.78 is 24.7. The summed E-state index contributed by atoms with van der Waals surface area (Å²) in [6.45, 7) is 2.42. The van der Waals surface area contributed by atoms with Crippen molar-refractivity contribution >= 4 is 40.7 Å². The van der Waals surface area contributed by atoms with Crippen LogP contribution in [0.25, 0.3) is 11.8 Å². The largest absolute Gasteiger partial charge is 0.489 e. The van der Waals surface area contributed by atoms with E-state index in [1.165, 1.54) is 11.3 Å². The van der Waals surface area contributed by atoms with Crippen molar-refractivity contribution in [2.75, 3.05) is 13.4 Å². The van der Waals surface area contributed by atoms with E-state index in [-0.39, 0.29) is 24.5 Å². The number of ether oxygens (including phenoxy) is 4. The van der Waals surface area contributed by atoms with Crippen LogP contribution >= 0.6 is 22.9 Å². The Bertz CT molecular complexity index is 2140. The van der Waals surface area contributed by atoms with Gasteiger partial charge in [0.25, 0.3) is 5.56 Å². The third kappa shape index (κ3) is 5.82. The molecule has 0 radical (unpaired) electrons. The van der Waals surface area contributed by atoms with Crippen LogP contribution in [0.1, 0.15) is 35.2 Å². The van der Waals surface area contributed by atoms with Crippen LogP contribution in [0.2, 0.25) is 5.02 Å². The van der Waals surface area contributed by atoms with Crippen LogP contribution in [0, 0.1) is 0 Å². The van der Waals surface area contributed by atoms with Gasteiger partial charge in [0.1, 0.15) is 12.4 Å². The van der Waals surface area contributed by atoms with Gasteiger partial charge in [0.15, 0.2) is 16.3 Å². The highest BCUT2D eigenvalue weighted by Gasteiger charge is 2.36. The minimum atomic E-state index is -0.814. The standard InChI is InChI=1S/C36H27ClN2O6S/c1-2-42-35(41)31-32(24-6-4-3-5-7-24)38-36-39(33(31)25-12-17-28-29(19-25)45-21-44-28)34(40)30(46-36)18-22-10-15-27(16-11-22)43-20-23-8-13-26(37)14-9-23/h3-19,33H,2,20-21H2,1H3/b30-18-/t33-/m1/s1. The zero-order valence-electron chi connectivity index (χ0n) is 24.6. The maximum absolute atomic E-state index is 14.2. The van der Waals surface area contributed by atoms with Gasteiger partial charge >= 0.3 is 5.97 Å². The van der Waals surface area contributed by atoms with Gasteiger partial charge < -0.3 is 18.9 Å². The zero-order chi connectivity index (χ0) is 31.6. The molecule has 0 spiro atoms. The summed E-state index contributed by atoms with van der Waals surface area (Å²) in [5, 5.41) is 0.675. The number of fused-ring (bicyclic) bond motifs is 2. The number of rotatable bonds is 8. The average molecular weight is 651 g/mol. The molecule has 7 rings (SSSR count). The summed E-state index contributed by atoms with van der Waals surface area (Å²) in [6.07, 6.45) is 1.82. The molecular weight excluding hydrogens is 624 g/mol. The Morgan fingerprint density at radius 3 is 2.52 bits per heavy atom. The summed E-state index contributed by atoms with van der Waals surface area (Å²) in [5.41, 5.74) is 3.68. The number of hydrogen-bond donors (Lipinski definition) is 0. The quantitative estimate of drug-likeness (QED) is 0.195. The molecule has 0 fully saturated rings. The molecule has 0 aliphatic carbocycles. The SMILES string of the molecule is CCOC(=O)C1=C(c2ccccc2)N=c2s/c(=C\c3ccc(OCc4ccc(Cl)cc4)cc3)c(=O)n2[C@@H]1c1ccc2c(c1)OCO2. The second-order valence-electron chi connectivity index (χ2n) is 10.5. The molecule has 230 valence electrons. The first kappa shape index (κ1) is 29.6. The Morgan fingerprint density at radius 2 is 1.76 bits per heavy atom. The maximum atomic E-state index is 14.2. The van der Waals surface area contributed by atoms with E-state index in [0.717, 1.165) is 16.7 Å². The molecule has 0 amide bonds. The normalized spacial score (nSPS) is 15.3. The molecule has 0 saturated carbocycles. The molecule has 1 aromatic heterocycles. The summed E-state index contributed by atoms with van der Waals surface area (Å²) in [5.74, 6) is 1.29. The number of carbonyl (C=O) groups excluding carboxylic acids is 1. The van der Waals surface area contributed by atoms with Crippen LogP contribution in [0.15, 0.2) is 112 Å². The highest BCUT2D eigenvalue weighted by molar-refractivity contribution is 7.07. The Balaban J connectivity index is 1.31. The summed E-state index contributed by atoms with van der Waals surface area (Å²) in [6, 6.07) is 29.1. The van der Waals surface area contributed by atoms with Crippen molar-refractivity contribution in [3.63, 3.8) is 0 Å². The number of carbonyl (C=O) groups is 1. The van der Waals surface area contributed by atoms with Gasteiger partial charge in [-0.15, -0.1) is 0 Å². The number of esters is 1. The molecule has 10 heteroatoms. The van der Waals surface area contributed by atoms with E-state index in [2.05, 4.69) is 0 Å². The third-order valence-corrected chi connectivity index (χ3v) is 8.82. The lowest BCUT2D eigenvalue weighted by Gasteiger charge is -2.26. The van der Waals surface area contributed by atoms with Crippen molar-refractivity contribution in [3.8, 4) is 17.2 Å². The monoisotopic (exact) mass is 650 g/mol. The van der Waals surface area contributed by atoms with Crippen LogP contribution in [0.4, 0.5) is 0 Å². The van der Waals surface area contributed by atoms with Gasteiger partial charge in [-0.1, -0.05) is 83.6 Å². The lowest BCUT2D eigenvalue weighted by molar-refractivity contribution is -0.138. The Labute approximate surface area is 273 Å². The van der Waals surface area contributed by atoms with Gasteiger partial charge in [0.05, 0.1) is 28.5 Å². The van der Waals surface area contributed by atoms with Gasteiger partial charge in [0, 0.05) is 10.6 Å². The van der Waals surface area contributed by atoms with E-state index in [9.17, 15) is 9.59 Å². The molecular formula is C36H27ClN2O6S. The number of hydrogen-bond acceptors (Lipinski definition) is 8. The average Bonchev–Trinajstić information content (AvgIpc) is 3.68. The minimum absolute atomic E-state index is 0.0995. The first-order valence-electron chi connectivity index (χ1n) is 14.6. The zero-order valence-corrected chi connectivity index (χ0v) is 26.2. The molecule has 2 aliphatic heterocycles. The van der Waals surface area contributed by atoms with Crippen LogP contribution < -0.4 is 29.1 Å². The fourth-order valence-corrected chi connectivity index (χ4v) is 6.52. The van der Waals surface area contributed by atoms with Gasteiger partial charge in [-0.3, -0.25) is 9.36 Å². The molecule has 0 bridgehead atoms. The molecule has 1 atom stereocenters. The Hall–Kier alpha value is -5.12. The summed E-state index contributed by atoms with van der Waals surface area (Å²) >= 11 is 7.24. The molecule has 0 saturated heterocycles. The number of halogens is 1. The van der Waals surface area contributed by atoms with E-state index >= 15 is 0 Å². The van der Waals surface area contributed by atoms with E-state index in [0.29, 0.717) is 49.5 Å². The molecule has 2 aliphatic rings. The Morgan fingerprint density at radius 1 is 1.00 bits per heavy atom.